The van der Waals surface area contributed by atoms with Crippen molar-refractivity contribution >= 4 is 18.4 Å². The van der Waals surface area contributed by atoms with Gasteiger partial charge in [0.25, 0.3) is 0 Å². The molecule has 0 aromatic carbocycles. The van der Waals surface area contributed by atoms with Crippen molar-refractivity contribution in [2.75, 3.05) is 26.4 Å². The van der Waals surface area contributed by atoms with Gasteiger partial charge in [-0.3, -0.25) is 5.41 Å². The molecule has 0 spiro atoms. The maximum atomic E-state index is 8.09. The maximum absolute atomic E-state index is 8.09. The number of aliphatic hydroxyl groups is 2. The summed E-state index contributed by atoms with van der Waals surface area (Å²) in [7, 11) is 0. The van der Waals surface area contributed by atoms with Gasteiger partial charge in [-0.1, -0.05) is 0 Å². The van der Waals surface area contributed by atoms with Gasteiger partial charge in [0.05, 0.1) is 26.4 Å². The van der Waals surface area contributed by atoms with Crippen LogP contribution in [0, 0.1) is 5.41 Å². The van der Waals surface area contributed by atoms with Crippen LogP contribution in [0.5, 0.6) is 0 Å². The van der Waals surface area contributed by atoms with E-state index in [4.69, 9.17) is 15.6 Å². The third kappa shape index (κ3) is 56.8. The Morgan fingerprint density at radius 1 is 1.17 bits per heavy atom. The third-order valence-corrected chi connectivity index (χ3v) is 0.471. The topological polar surface area (TPSA) is 126 Å². The van der Waals surface area contributed by atoms with Gasteiger partial charge in [-0.05, 0) is 0 Å². The van der Waals surface area contributed by atoms with Crippen LogP contribution in [0.15, 0.2) is 0 Å². The smallest absolute Gasteiger partial charge is 0.183 e. The lowest BCUT2D eigenvalue weighted by Gasteiger charge is -1.94. The van der Waals surface area contributed by atoms with E-state index in [9.17, 15) is 0 Å². The van der Waals surface area contributed by atoms with Crippen LogP contribution in [0.25, 0.3) is 0 Å². The van der Waals surface area contributed by atoms with Crippen LogP contribution in [-0.2, 0) is 4.74 Å². The molecule has 7 heteroatoms. The average molecular weight is 202 g/mol. The molecule has 0 unspecified atom stereocenters. The molecule has 0 saturated carbocycles. The summed E-state index contributed by atoms with van der Waals surface area (Å²) < 4.78 is 4.63. The van der Waals surface area contributed by atoms with E-state index in [1.165, 1.54) is 0 Å². The molecule has 0 aliphatic heterocycles. The van der Waals surface area contributed by atoms with Crippen LogP contribution in [-0.4, -0.2) is 42.6 Å². The molecule has 0 rings (SSSR count). The molecule has 0 aromatic rings. The number of hydrogen-bond acceptors (Lipinski definition) is 4. The number of hydrogen-bond donors (Lipinski definition) is 5. The molecular formula is C5H16ClN3O3. The normalized spacial score (nSPS) is 7.50. The van der Waals surface area contributed by atoms with Crippen molar-refractivity contribution in [2.45, 2.75) is 0 Å². The van der Waals surface area contributed by atoms with E-state index >= 15 is 0 Å². The Hall–Kier alpha value is -0.560. The lowest BCUT2D eigenvalue weighted by atomic mass is 10.7. The van der Waals surface area contributed by atoms with Crippen molar-refractivity contribution in [3.63, 3.8) is 0 Å². The zero-order chi connectivity index (χ0) is 9.11. The second-order valence-electron chi connectivity index (χ2n) is 1.51. The average Bonchev–Trinajstić information content (AvgIpc) is 1.88. The van der Waals surface area contributed by atoms with Gasteiger partial charge in [0, 0.05) is 0 Å². The van der Waals surface area contributed by atoms with E-state index in [2.05, 4.69) is 16.2 Å². The SMILES string of the molecule is Cl.N=C(N)N.OCCOCCO. The fourth-order valence-electron chi connectivity index (χ4n) is 0.231. The van der Waals surface area contributed by atoms with Gasteiger partial charge in [0.15, 0.2) is 5.96 Å². The highest BCUT2D eigenvalue weighted by Gasteiger charge is 1.79. The molecule has 0 amide bonds. The molecule has 0 bridgehead atoms. The summed E-state index contributed by atoms with van der Waals surface area (Å²) in [5, 5.41) is 22.2. The number of aliphatic hydroxyl groups excluding tert-OH is 2. The first-order valence-corrected chi connectivity index (χ1v) is 3.04. The second kappa shape index (κ2) is 16.8. The van der Waals surface area contributed by atoms with Gasteiger partial charge < -0.3 is 26.4 Å². The number of halogens is 1. The Balaban J connectivity index is -0.000000142. The second-order valence-corrected chi connectivity index (χ2v) is 1.51. The van der Waals surface area contributed by atoms with Gasteiger partial charge >= 0.3 is 0 Å². The van der Waals surface area contributed by atoms with Crippen molar-refractivity contribution < 1.29 is 14.9 Å². The summed E-state index contributed by atoms with van der Waals surface area (Å²) in [5.74, 6) is -0.333. The highest BCUT2D eigenvalue weighted by atomic mass is 35.5. The van der Waals surface area contributed by atoms with E-state index in [1.54, 1.807) is 0 Å². The molecule has 0 saturated heterocycles. The van der Waals surface area contributed by atoms with Crippen LogP contribution in [0.2, 0.25) is 0 Å². The molecule has 12 heavy (non-hydrogen) atoms. The van der Waals surface area contributed by atoms with E-state index in [0.717, 1.165) is 0 Å². The number of rotatable bonds is 4. The quantitative estimate of drug-likeness (QED) is 0.210. The van der Waals surface area contributed by atoms with E-state index in [-0.39, 0.29) is 31.6 Å². The largest absolute Gasteiger partial charge is 0.394 e. The predicted molar refractivity (Wildman–Crippen MR) is 48.3 cm³/mol. The molecule has 0 aromatic heterocycles. The van der Waals surface area contributed by atoms with Crippen LogP contribution in [0.3, 0.4) is 0 Å². The maximum Gasteiger partial charge on any atom is 0.183 e. The van der Waals surface area contributed by atoms with Gasteiger partial charge in [0.1, 0.15) is 0 Å². The van der Waals surface area contributed by atoms with Crippen molar-refractivity contribution in [2.24, 2.45) is 11.5 Å². The molecule has 6 nitrogen and oxygen atoms in total. The van der Waals surface area contributed by atoms with Gasteiger partial charge in [-0.15, -0.1) is 12.4 Å². The Kier molecular flexibility index (Phi) is 24.5. The standard InChI is InChI=1S/C4H10O3.CH5N3.ClH/c5-1-3-7-4-2-6;2-1(3)4;/h5-6H,1-4H2;(H5,2,3,4);1H. The molecule has 76 valence electrons. The number of nitrogens with two attached hydrogens (primary N) is 2. The molecule has 7 N–H and O–H groups in total. The number of ether oxygens (including phenoxy) is 1. The first-order chi connectivity index (χ1) is 5.15. The lowest BCUT2D eigenvalue weighted by Crippen LogP contribution is -2.20. The molecule has 0 fully saturated rings. The fourth-order valence-corrected chi connectivity index (χ4v) is 0.231. The molecule has 0 heterocycles. The number of guanidine groups is 1. The predicted octanol–water partition coefficient (Wildman–Crippen LogP) is -1.75. The minimum atomic E-state index is -0.333. The molecule has 0 aliphatic carbocycles. The minimum absolute atomic E-state index is 0. The van der Waals surface area contributed by atoms with Crippen molar-refractivity contribution in [1.82, 2.24) is 0 Å². The zero-order valence-corrected chi connectivity index (χ0v) is 7.51. The van der Waals surface area contributed by atoms with Crippen LogP contribution in [0.4, 0.5) is 0 Å². The Labute approximate surface area is 77.4 Å². The number of nitrogens with one attached hydrogen (secondary N) is 1. The molecule has 0 radical (unpaired) electrons. The Bertz CT molecular complexity index is 86.0. The first kappa shape index (κ1) is 17.5. The van der Waals surface area contributed by atoms with E-state index < -0.39 is 0 Å². The molecule has 0 aliphatic rings. The van der Waals surface area contributed by atoms with Gasteiger partial charge in [-0.2, -0.15) is 0 Å². The minimum Gasteiger partial charge on any atom is -0.394 e. The summed E-state index contributed by atoms with van der Waals surface area (Å²) in [6.07, 6.45) is 0. The lowest BCUT2D eigenvalue weighted by molar-refractivity contribution is 0.0650. The van der Waals surface area contributed by atoms with E-state index in [0.29, 0.717) is 13.2 Å². The third-order valence-electron chi connectivity index (χ3n) is 0.471. The summed E-state index contributed by atoms with van der Waals surface area (Å²) >= 11 is 0. The van der Waals surface area contributed by atoms with Crippen LogP contribution in [0.1, 0.15) is 0 Å². The Morgan fingerprint density at radius 3 is 1.58 bits per heavy atom. The zero-order valence-electron chi connectivity index (χ0n) is 6.69. The summed E-state index contributed by atoms with van der Waals surface area (Å²) in [6.45, 7) is 0.696. The summed E-state index contributed by atoms with van der Waals surface area (Å²) in [6, 6.07) is 0. The first-order valence-electron chi connectivity index (χ1n) is 3.04. The van der Waals surface area contributed by atoms with Crippen molar-refractivity contribution in [1.29, 1.82) is 5.41 Å². The van der Waals surface area contributed by atoms with Crippen molar-refractivity contribution in [3.8, 4) is 0 Å². The van der Waals surface area contributed by atoms with Gasteiger partial charge in [0.2, 0.25) is 0 Å². The fraction of sp³-hybridized carbons (Fsp3) is 0.800. The van der Waals surface area contributed by atoms with Crippen molar-refractivity contribution in [3.05, 3.63) is 0 Å². The summed E-state index contributed by atoms with van der Waals surface area (Å²) in [5.41, 5.74) is 8.94. The highest BCUT2D eigenvalue weighted by molar-refractivity contribution is 5.85. The van der Waals surface area contributed by atoms with Gasteiger partial charge in [-0.25, -0.2) is 0 Å². The molecule has 0 atom stereocenters. The highest BCUT2D eigenvalue weighted by Crippen LogP contribution is 1.68. The monoisotopic (exact) mass is 201 g/mol. The van der Waals surface area contributed by atoms with E-state index in [1.807, 2.05) is 0 Å². The van der Waals surface area contributed by atoms with Crippen LogP contribution >= 0.6 is 12.4 Å². The van der Waals surface area contributed by atoms with Crippen LogP contribution < -0.4 is 11.5 Å². The summed E-state index contributed by atoms with van der Waals surface area (Å²) in [4.78, 5) is 0. The molecular weight excluding hydrogens is 186 g/mol. The Morgan fingerprint density at radius 2 is 1.42 bits per heavy atom.